The molecule has 0 bridgehead atoms. The highest BCUT2D eigenvalue weighted by atomic mass is 127. The summed E-state index contributed by atoms with van der Waals surface area (Å²) in [7, 11) is 0. The van der Waals surface area contributed by atoms with Crippen molar-refractivity contribution in [1.82, 2.24) is 16.0 Å². The number of aliphatic imine (C=N–C) groups is 1. The Hall–Kier alpha value is -1.51. The number of ether oxygens (including phenoxy) is 1. The first-order valence-electron chi connectivity index (χ1n) is 10.0. The van der Waals surface area contributed by atoms with Crippen molar-refractivity contribution in [3.63, 3.8) is 0 Å². The Balaban J connectivity index is 0.00000392. The quantitative estimate of drug-likeness (QED) is 0.261. The molecular formula is C21H35IN4O2. The number of hydrogen-bond acceptors (Lipinski definition) is 3. The normalized spacial score (nSPS) is 14.8. The second-order valence-corrected chi connectivity index (χ2v) is 7.46. The summed E-state index contributed by atoms with van der Waals surface area (Å²) in [6.45, 7) is 10.3. The topological polar surface area (TPSA) is 74.8 Å². The van der Waals surface area contributed by atoms with E-state index in [9.17, 15) is 4.79 Å². The number of carbonyl (C=O) groups is 1. The number of halogens is 1. The van der Waals surface area contributed by atoms with E-state index in [0.717, 1.165) is 31.8 Å². The number of hydrogen-bond donors (Lipinski definition) is 3. The third kappa shape index (κ3) is 9.61. The van der Waals surface area contributed by atoms with Gasteiger partial charge in [0.25, 0.3) is 5.91 Å². The van der Waals surface area contributed by atoms with Crippen molar-refractivity contribution in [2.45, 2.75) is 59.0 Å². The third-order valence-corrected chi connectivity index (χ3v) is 4.61. The van der Waals surface area contributed by atoms with Crippen LogP contribution in [0.4, 0.5) is 0 Å². The average Bonchev–Trinajstić information content (AvgIpc) is 3.45. The molecule has 1 saturated carbocycles. The highest BCUT2D eigenvalue weighted by Gasteiger charge is 2.23. The summed E-state index contributed by atoms with van der Waals surface area (Å²) in [6, 6.07) is 8.62. The van der Waals surface area contributed by atoms with Crippen LogP contribution in [-0.2, 0) is 11.2 Å². The molecule has 1 atom stereocenters. The van der Waals surface area contributed by atoms with Crippen molar-refractivity contribution in [3.05, 3.63) is 29.8 Å². The molecular weight excluding hydrogens is 467 g/mol. The Morgan fingerprint density at radius 1 is 1.21 bits per heavy atom. The minimum atomic E-state index is -0.0463. The maximum absolute atomic E-state index is 11.6. The zero-order valence-corrected chi connectivity index (χ0v) is 19.8. The van der Waals surface area contributed by atoms with Crippen molar-refractivity contribution in [2.24, 2.45) is 10.9 Å². The van der Waals surface area contributed by atoms with E-state index in [0.29, 0.717) is 30.3 Å². The van der Waals surface area contributed by atoms with Gasteiger partial charge in [-0.25, -0.2) is 0 Å². The van der Waals surface area contributed by atoms with Gasteiger partial charge in [0.05, 0.1) is 0 Å². The van der Waals surface area contributed by atoms with Crippen LogP contribution in [0.2, 0.25) is 0 Å². The molecule has 1 fully saturated rings. The smallest absolute Gasteiger partial charge is 0.258 e. The molecule has 0 aliphatic heterocycles. The maximum atomic E-state index is 11.6. The van der Waals surface area contributed by atoms with Gasteiger partial charge in [0.1, 0.15) is 5.75 Å². The molecule has 0 spiro atoms. The van der Waals surface area contributed by atoms with Gasteiger partial charge < -0.3 is 20.7 Å². The van der Waals surface area contributed by atoms with Crippen LogP contribution in [0.5, 0.6) is 5.75 Å². The number of rotatable bonds is 10. The molecule has 0 aromatic heterocycles. The molecule has 1 aromatic carbocycles. The molecule has 3 N–H and O–H groups in total. The first-order chi connectivity index (χ1) is 13.0. The van der Waals surface area contributed by atoms with Gasteiger partial charge in [-0.3, -0.25) is 9.79 Å². The Morgan fingerprint density at radius 3 is 2.46 bits per heavy atom. The van der Waals surface area contributed by atoms with Crippen molar-refractivity contribution in [3.8, 4) is 5.75 Å². The lowest BCUT2D eigenvalue weighted by atomic mass is 10.1. The average molecular weight is 502 g/mol. The van der Waals surface area contributed by atoms with Crippen molar-refractivity contribution < 1.29 is 9.53 Å². The summed E-state index contributed by atoms with van der Waals surface area (Å²) in [5.41, 5.74) is 1.20. The van der Waals surface area contributed by atoms with Crippen LogP contribution in [0.25, 0.3) is 0 Å². The van der Waals surface area contributed by atoms with Crippen LogP contribution in [0.1, 0.15) is 46.1 Å². The monoisotopic (exact) mass is 502 g/mol. The molecule has 1 aromatic rings. The number of amides is 1. The third-order valence-electron chi connectivity index (χ3n) is 4.61. The van der Waals surface area contributed by atoms with Crippen molar-refractivity contribution in [1.29, 1.82) is 0 Å². The number of guanidine groups is 1. The maximum Gasteiger partial charge on any atom is 0.258 e. The molecule has 1 aliphatic carbocycles. The SMILES string of the molecule is CCNC(=NCCc1ccc(OCC(=O)NC2CC2)cc1)NC(C)C(C)C.I. The Labute approximate surface area is 186 Å². The summed E-state index contributed by atoms with van der Waals surface area (Å²) in [4.78, 5) is 16.3. The van der Waals surface area contributed by atoms with E-state index in [2.05, 4.69) is 48.6 Å². The van der Waals surface area contributed by atoms with Crippen LogP contribution >= 0.6 is 24.0 Å². The highest BCUT2D eigenvalue weighted by Crippen LogP contribution is 2.18. The van der Waals surface area contributed by atoms with E-state index in [1.54, 1.807) is 0 Å². The summed E-state index contributed by atoms with van der Waals surface area (Å²) < 4.78 is 5.53. The van der Waals surface area contributed by atoms with E-state index in [4.69, 9.17) is 4.74 Å². The zero-order chi connectivity index (χ0) is 19.6. The fourth-order valence-electron chi connectivity index (χ4n) is 2.40. The molecule has 158 valence electrons. The van der Waals surface area contributed by atoms with Crippen LogP contribution in [0, 0.1) is 5.92 Å². The van der Waals surface area contributed by atoms with Gasteiger partial charge in [0.2, 0.25) is 0 Å². The lowest BCUT2D eigenvalue weighted by molar-refractivity contribution is -0.123. The summed E-state index contributed by atoms with van der Waals surface area (Å²) in [5, 5.41) is 9.64. The van der Waals surface area contributed by atoms with E-state index in [-0.39, 0.29) is 36.5 Å². The lowest BCUT2D eigenvalue weighted by Gasteiger charge is -2.20. The standard InChI is InChI=1S/C21H34N4O2.HI/c1-5-22-21(24-16(4)15(2)3)23-13-12-17-6-10-19(11-7-17)27-14-20(26)25-18-8-9-18;/h6-7,10-11,15-16,18H,5,8-9,12-14H2,1-4H3,(H,25,26)(H2,22,23,24);1H. The Kier molecular flexibility index (Phi) is 11.3. The molecule has 6 nitrogen and oxygen atoms in total. The fourth-order valence-corrected chi connectivity index (χ4v) is 2.40. The molecule has 0 radical (unpaired) electrons. The van der Waals surface area contributed by atoms with Crippen LogP contribution in [0.3, 0.4) is 0 Å². The first-order valence-corrected chi connectivity index (χ1v) is 10.0. The largest absolute Gasteiger partial charge is 0.484 e. The van der Waals surface area contributed by atoms with Gasteiger partial charge in [-0.2, -0.15) is 0 Å². The molecule has 2 rings (SSSR count). The molecule has 7 heteroatoms. The van der Waals surface area contributed by atoms with Gasteiger partial charge in [-0.05, 0) is 56.7 Å². The predicted octanol–water partition coefficient (Wildman–Crippen LogP) is 3.10. The summed E-state index contributed by atoms with van der Waals surface area (Å²) >= 11 is 0. The van der Waals surface area contributed by atoms with Gasteiger partial charge in [0, 0.05) is 25.2 Å². The van der Waals surface area contributed by atoms with E-state index in [1.807, 2.05) is 24.3 Å². The minimum Gasteiger partial charge on any atom is -0.484 e. The van der Waals surface area contributed by atoms with Gasteiger partial charge >= 0.3 is 0 Å². The Morgan fingerprint density at radius 2 is 1.89 bits per heavy atom. The molecule has 1 aliphatic rings. The summed E-state index contributed by atoms with van der Waals surface area (Å²) in [5.74, 6) is 2.08. The van der Waals surface area contributed by atoms with Crippen LogP contribution in [0.15, 0.2) is 29.3 Å². The van der Waals surface area contributed by atoms with Crippen LogP contribution in [-0.4, -0.2) is 43.6 Å². The first kappa shape index (κ1) is 24.5. The zero-order valence-electron chi connectivity index (χ0n) is 17.5. The molecule has 0 heterocycles. The lowest BCUT2D eigenvalue weighted by Crippen LogP contribution is -2.44. The Bertz CT molecular complexity index is 615. The summed E-state index contributed by atoms with van der Waals surface area (Å²) in [6.07, 6.45) is 3.03. The molecule has 28 heavy (non-hydrogen) atoms. The fraction of sp³-hybridized carbons (Fsp3) is 0.619. The van der Waals surface area contributed by atoms with E-state index in [1.165, 1.54) is 5.56 Å². The molecule has 1 amide bonds. The van der Waals surface area contributed by atoms with Gasteiger partial charge in [-0.1, -0.05) is 26.0 Å². The predicted molar refractivity (Wildman–Crippen MR) is 126 cm³/mol. The van der Waals surface area contributed by atoms with Crippen molar-refractivity contribution >= 4 is 35.8 Å². The van der Waals surface area contributed by atoms with E-state index >= 15 is 0 Å². The van der Waals surface area contributed by atoms with E-state index < -0.39 is 0 Å². The number of carbonyl (C=O) groups excluding carboxylic acids is 1. The molecule has 0 saturated heterocycles. The van der Waals surface area contributed by atoms with Crippen molar-refractivity contribution in [2.75, 3.05) is 19.7 Å². The number of nitrogens with one attached hydrogen (secondary N) is 3. The van der Waals surface area contributed by atoms with Crippen LogP contribution < -0.4 is 20.7 Å². The highest BCUT2D eigenvalue weighted by molar-refractivity contribution is 14.0. The second-order valence-electron chi connectivity index (χ2n) is 7.46. The van der Waals surface area contributed by atoms with Gasteiger partial charge in [-0.15, -0.1) is 24.0 Å². The molecule has 1 unspecified atom stereocenters. The minimum absolute atomic E-state index is 0. The van der Waals surface area contributed by atoms with Gasteiger partial charge in [0.15, 0.2) is 12.6 Å². The second kappa shape index (κ2) is 12.9. The number of nitrogens with zero attached hydrogens (tertiary/aromatic N) is 1. The number of benzene rings is 1.